The Labute approximate surface area is 157 Å². The number of rotatable bonds is 8. The number of nitrogens with zero attached hydrogens (tertiary/aromatic N) is 2. The van der Waals surface area contributed by atoms with Gasteiger partial charge in [-0.1, -0.05) is 30.9 Å². The third-order valence-corrected chi connectivity index (χ3v) is 5.06. The summed E-state index contributed by atoms with van der Waals surface area (Å²) in [5.74, 6) is 1.77. The first-order valence-electron chi connectivity index (χ1n) is 9.83. The van der Waals surface area contributed by atoms with Crippen LogP contribution in [-0.2, 0) is 6.54 Å². The van der Waals surface area contributed by atoms with Crippen LogP contribution in [0.3, 0.4) is 0 Å². The third-order valence-electron chi connectivity index (χ3n) is 5.06. The fraction of sp³-hybridized carbons (Fsp3) is 0.571. The molecule has 1 saturated heterocycles. The molecule has 2 N–H and O–H groups in total. The number of hydrogen-bond acceptors (Lipinski definition) is 3. The van der Waals surface area contributed by atoms with Crippen LogP contribution in [-0.4, -0.2) is 48.7 Å². The van der Waals surface area contributed by atoms with Gasteiger partial charge in [-0.05, 0) is 39.2 Å². The summed E-state index contributed by atoms with van der Waals surface area (Å²) in [7, 11) is 0. The molecule has 2 unspecified atom stereocenters. The third kappa shape index (κ3) is 5.01. The Morgan fingerprint density at radius 2 is 2.19 bits per heavy atom. The lowest BCUT2D eigenvalue weighted by atomic mass is 10.2. The summed E-state index contributed by atoms with van der Waals surface area (Å²) in [6.45, 7) is 11.2. The Kier molecular flexibility index (Phi) is 6.56. The standard InChI is InChI=1S/C21H32N4O/c1-4-12-26-20-9-7-6-8-17(20)14-23-21(22-5-2)24-18-13-16(3)25(15-18)19-10-11-19/h4,6-9,16,18-19H,1,5,10-15H2,2-3H3,(H2,22,23,24). The first kappa shape index (κ1) is 18.8. The van der Waals surface area contributed by atoms with Crippen molar-refractivity contribution < 1.29 is 4.74 Å². The first-order chi connectivity index (χ1) is 12.7. The Morgan fingerprint density at radius 3 is 2.92 bits per heavy atom. The lowest BCUT2D eigenvalue weighted by Crippen LogP contribution is -2.44. The van der Waals surface area contributed by atoms with Crippen molar-refractivity contribution in [1.29, 1.82) is 0 Å². The van der Waals surface area contributed by atoms with Gasteiger partial charge < -0.3 is 15.4 Å². The maximum absolute atomic E-state index is 5.74. The molecule has 26 heavy (non-hydrogen) atoms. The van der Waals surface area contributed by atoms with Gasteiger partial charge in [-0.3, -0.25) is 4.90 Å². The first-order valence-corrected chi connectivity index (χ1v) is 9.83. The van der Waals surface area contributed by atoms with Crippen LogP contribution in [0.15, 0.2) is 41.9 Å². The quantitative estimate of drug-likeness (QED) is 0.427. The molecule has 0 amide bonds. The molecule has 2 atom stereocenters. The van der Waals surface area contributed by atoms with Gasteiger partial charge in [0, 0.05) is 36.8 Å². The number of para-hydroxylation sites is 1. The van der Waals surface area contributed by atoms with E-state index in [4.69, 9.17) is 9.73 Å². The van der Waals surface area contributed by atoms with Gasteiger partial charge in [-0.2, -0.15) is 0 Å². The maximum Gasteiger partial charge on any atom is 0.191 e. The van der Waals surface area contributed by atoms with Crippen LogP contribution < -0.4 is 15.4 Å². The minimum absolute atomic E-state index is 0.468. The molecule has 1 saturated carbocycles. The predicted octanol–water partition coefficient (Wildman–Crippen LogP) is 2.93. The average Bonchev–Trinajstić information content (AvgIpc) is 3.42. The summed E-state index contributed by atoms with van der Waals surface area (Å²) in [6.07, 6.45) is 5.68. The highest BCUT2D eigenvalue weighted by molar-refractivity contribution is 5.80. The molecule has 0 aromatic heterocycles. The number of benzene rings is 1. The van der Waals surface area contributed by atoms with Gasteiger partial charge in [0.1, 0.15) is 12.4 Å². The molecule has 1 heterocycles. The normalized spacial score (nSPS) is 23.7. The predicted molar refractivity (Wildman–Crippen MR) is 108 cm³/mol. The molecule has 3 rings (SSSR count). The SMILES string of the molecule is C=CCOc1ccccc1CN=C(NCC)NC1CC(C)N(C2CC2)C1. The summed E-state index contributed by atoms with van der Waals surface area (Å²) >= 11 is 0. The van der Waals surface area contributed by atoms with Crippen LogP contribution in [0.25, 0.3) is 0 Å². The summed E-state index contributed by atoms with van der Waals surface area (Å²) < 4.78 is 5.74. The van der Waals surface area contributed by atoms with Crippen molar-refractivity contribution in [3.05, 3.63) is 42.5 Å². The molecule has 5 heteroatoms. The highest BCUT2D eigenvalue weighted by atomic mass is 16.5. The van der Waals surface area contributed by atoms with E-state index < -0.39 is 0 Å². The van der Waals surface area contributed by atoms with E-state index in [9.17, 15) is 0 Å². The molecule has 0 radical (unpaired) electrons. The van der Waals surface area contributed by atoms with E-state index in [1.165, 1.54) is 19.3 Å². The van der Waals surface area contributed by atoms with Crippen molar-refractivity contribution in [3.8, 4) is 5.75 Å². The maximum atomic E-state index is 5.74. The Hall–Kier alpha value is -2.01. The number of nitrogens with one attached hydrogen (secondary N) is 2. The van der Waals surface area contributed by atoms with Crippen molar-refractivity contribution in [2.24, 2.45) is 4.99 Å². The number of guanidine groups is 1. The number of aliphatic imine (C=N–C) groups is 1. The number of hydrogen-bond donors (Lipinski definition) is 2. The smallest absolute Gasteiger partial charge is 0.191 e. The molecule has 1 aliphatic carbocycles. The van der Waals surface area contributed by atoms with Crippen molar-refractivity contribution in [2.45, 2.75) is 57.8 Å². The fourth-order valence-electron chi connectivity index (χ4n) is 3.68. The number of ether oxygens (including phenoxy) is 1. The molecule has 1 aliphatic heterocycles. The monoisotopic (exact) mass is 356 g/mol. The van der Waals surface area contributed by atoms with E-state index in [1.807, 2.05) is 18.2 Å². The zero-order valence-corrected chi connectivity index (χ0v) is 16.1. The molecule has 142 valence electrons. The van der Waals surface area contributed by atoms with E-state index in [0.717, 1.165) is 36.4 Å². The molecule has 0 bridgehead atoms. The highest BCUT2D eigenvalue weighted by Gasteiger charge is 2.38. The molecular weight excluding hydrogens is 324 g/mol. The van der Waals surface area contributed by atoms with Gasteiger partial charge in [0.2, 0.25) is 0 Å². The molecule has 2 fully saturated rings. The van der Waals surface area contributed by atoms with Crippen LogP contribution in [0.1, 0.15) is 38.7 Å². The van der Waals surface area contributed by atoms with E-state index in [-0.39, 0.29) is 0 Å². The zero-order chi connectivity index (χ0) is 18.4. The van der Waals surface area contributed by atoms with E-state index in [2.05, 4.69) is 42.0 Å². The van der Waals surface area contributed by atoms with Gasteiger partial charge in [-0.25, -0.2) is 4.99 Å². The molecular formula is C21H32N4O. The van der Waals surface area contributed by atoms with Gasteiger partial charge >= 0.3 is 0 Å². The summed E-state index contributed by atoms with van der Waals surface area (Å²) in [5.41, 5.74) is 1.09. The fourth-order valence-corrected chi connectivity index (χ4v) is 3.68. The number of likely N-dealkylation sites (tertiary alicyclic amines) is 1. The van der Waals surface area contributed by atoms with E-state index in [1.54, 1.807) is 6.08 Å². The van der Waals surface area contributed by atoms with E-state index in [0.29, 0.717) is 25.2 Å². The van der Waals surface area contributed by atoms with Gasteiger partial charge in [0.15, 0.2) is 5.96 Å². The summed E-state index contributed by atoms with van der Waals surface area (Å²) in [5, 5.41) is 7.01. The summed E-state index contributed by atoms with van der Waals surface area (Å²) in [6, 6.07) is 10.0. The Balaban J connectivity index is 1.61. The molecule has 1 aromatic carbocycles. The van der Waals surface area contributed by atoms with Crippen molar-refractivity contribution in [2.75, 3.05) is 19.7 Å². The van der Waals surface area contributed by atoms with Crippen molar-refractivity contribution >= 4 is 5.96 Å². The van der Waals surface area contributed by atoms with Crippen LogP contribution in [0.5, 0.6) is 5.75 Å². The summed E-state index contributed by atoms with van der Waals surface area (Å²) in [4.78, 5) is 7.45. The Morgan fingerprint density at radius 1 is 1.38 bits per heavy atom. The second kappa shape index (κ2) is 9.08. The molecule has 1 aromatic rings. The van der Waals surface area contributed by atoms with E-state index >= 15 is 0 Å². The largest absolute Gasteiger partial charge is 0.489 e. The Bertz CT molecular complexity index is 626. The molecule has 0 spiro atoms. The zero-order valence-electron chi connectivity index (χ0n) is 16.1. The van der Waals surface area contributed by atoms with Crippen molar-refractivity contribution in [1.82, 2.24) is 15.5 Å². The minimum Gasteiger partial charge on any atom is -0.489 e. The lowest BCUT2D eigenvalue weighted by molar-refractivity contribution is 0.256. The average molecular weight is 357 g/mol. The van der Waals surface area contributed by atoms with Gasteiger partial charge in [0.25, 0.3) is 0 Å². The van der Waals surface area contributed by atoms with Crippen LogP contribution in [0, 0.1) is 0 Å². The van der Waals surface area contributed by atoms with Crippen molar-refractivity contribution in [3.63, 3.8) is 0 Å². The highest BCUT2D eigenvalue weighted by Crippen LogP contribution is 2.33. The van der Waals surface area contributed by atoms with Crippen LogP contribution in [0.4, 0.5) is 0 Å². The van der Waals surface area contributed by atoms with Gasteiger partial charge in [-0.15, -0.1) is 0 Å². The minimum atomic E-state index is 0.468. The topological polar surface area (TPSA) is 48.9 Å². The lowest BCUT2D eigenvalue weighted by Gasteiger charge is -2.20. The molecule has 5 nitrogen and oxygen atoms in total. The second-order valence-corrected chi connectivity index (χ2v) is 7.26. The van der Waals surface area contributed by atoms with Crippen LogP contribution >= 0.6 is 0 Å². The van der Waals surface area contributed by atoms with Crippen LogP contribution in [0.2, 0.25) is 0 Å². The molecule has 2 aliphatic rings. The second-order valence-electron chi connectivity index (χ2n) is 7.26. The van der Waals surface area contributed by atoms with Gasteiger partial charge in [0.05, 0.1) is 6.54 Å².